The third-order valence-corrected chi connectivity index (χ3v) is 8.67. The normalized spacial score (nSPS) is 21.9. The maximum Gasteiger partial charge on any atom is 0.416 e. The first-order chi connectivity index (χ1) is 19.7. The molecule has 3 amide bonds. The lowest BCUT2D eigenvalue weighted by molar-refractivity contribution is -0.143. The number of rotatable bonds is 3. The first-order valence-corrected chi connectivity index (χ1v) is 14.1. The third-order valence-electron chi connectivity index (χ3n) is 8.67. The van der Waals surface area contributed by atoms with Crippen LogP contribution in [0.25, 0.3) is 0 Å². The van der Waals surface area contributed by atoms with E-state index in [1.807, 2.05) is 20.8 Å². The van der Waals surface area contributed by atoms with Crippen molar-refractivity contribution in [3.8, 4) is 0 Å². The number of carbonyl (C=O) groups is 2. The van der Waals surface area contributed by atoms with E-state index in [1.165, 1.54) is 26.1 Å². The van der Waals surface area contributed by atoms with E-state index < -0.39 is 52.8 Å². The first kappa shape index (κ1) is 32.6. The molecule has 2 aliphatic heterocycles. The second kappa shape index (κ2) is 11.3. The van der Waals surface area contributed by atoms with E-state index in [0.717, 1.165) is 4.90 Å². The fourth-order valence-corrected chi connectivity index (χ4v) is 6.27. The van der Waals surface area contributed by atoms with Gasteiger partial charge in [0.05, 0.1) is 23.2 Å². The van der Waals surface area contributed by atoms with Gasteiger partial charge >= 0.3 is 18.4 Å². The predicted octanol–water partition coefficient (Wildman–Crippen LogP) is 7.85. The highest BCUT2D eigenvalue weighted by atomic mass is 19.4. The maximum absolute atomic E-state index is 14.1. The highest BCUT2D eigenvalue weighted by Crippen LogP contribution is 2.46. The van der Waals surface area contributed by atoms with E-state index in [-0.39, 0.29) is 35.9 Å². The Hall–Kier alpha value is -3.31. The average molecular weight is 616 g/mol. The van der Waals surface area contributed by atoms with Gasteiger partial charge in [0.15, 0.2) is 0 Å². The molecule has 2 saturated heterocycles. The molecule has 0 saturated carbocycles. The molecular weight excluding hydrogens is 579 g/mol. The molecule has 2 aromatic carbocycles. The van der Waals surface area contributed by atoms with E-state index >= 15 is 0 Å². The molecule has 236 valence electrons. The number of likely N-dealkylation sites (tertiary alicyclic amines) is 2. The average Bonchev–Trinajstić information content (AvgIpc) is 3.33. The van der Waals surface area contributed by atoms with Crippen LogP contribution in [0.4, 0.5) is 35.5 Å². The Labute approximate surface area is 246 Å². The summed E-state index contributed by atoms with van der Waals surface area (Å²) in [7, 11) is 1.34. The van der Waals surface area contributed by atoms with Crippen molar-refractivity contribution in [2.45, 2.75) is 65.5 Å². The number of nitrogens with zero attached hydrogens (tertiary/aromatic N) is 3. The Kier molecular flexibility index (Phi) is 8.58. The van der Waals surface area contributed by atoms with Crippen LogP contribution in [0.3, 0.4) is 0 Å². The molecule has 0 spiro atoms. The molecule has 5 nitrogen and oxygen atoms in total. The molecular formula is C31H36F7N3O2. The lowest BCUT2D eigenvalue weighted by Gasteiger charge is -2.45. The minimum atomic E-state index is -5.02. The van der Waals surface area contributed by atoms with Crippen molar-refractivity contribution >= 4 is 11.9 Å². The van der Waals surface area contributed by atoms with Crippen LogP contribution >= 0.6 is 0 Å². The quantitative estimate of drug-likeness (QED) is 0.330. The molecule has 0 N–H and O–H groups in total. The van der Waals surface area contributed by atoms with Gasteiger partial charge in [0.25, 0.3) is 0 Å². The summed E-state index contributed by atoms with van der Waals surface area (Å²) in [5, 5.41) is 0. The highest BCUT2D eigenvalue weighted by Gasteiger charge is 2.49. The number of aryl methyl sites for hydroxylation is 1. The van der Waals surface area contributed by atoms with Gasteiger partial charge in [0.2, 0.25) is 5.91 Å². The van der Waals surface area contributed by atoms with Gasteiger partial charge in [-0.05, 0) is 73.2 Å². The van der Waals surface area contributed by atoms with Crippen molar-refractivity contribution in [3.63, 3.8) is 0 Å². The minimum absolute atomic E-state index is 0.0369. The Bertz CT molecular complexity index is 1350. The SMILES string of the molecule is Cc1cc(F)ccc1C1[C@@H]2CN(C(=O)C(C)(C)C)CC2CCN1C(=O)N(C)C(C)c1cc(C(F)(F)F)cc(C(F)(F)F)c1. The lowest BCUT2D eigenvalue weighted by atomic mass is 9.78. The second-order valence-electron chi connectivity index (χ2n) is 12.7. The molecule has 4 atom stereocenters. The van der Waals surface area contributed by atoms with Crippen molar-refractivity contribution in [2.75, 3.05) is 26.7 Å². The Morgan fingerprint density at radius 3 is 2.02 bits per heavy atom. The smallest absolute Gasteiger partial charge is 0.342 e. The van der Waals surface area contributed by atoms with E-state index in [4.69, 9.17) is 0 Å². The van der Waals surface area contributed by atoms with Gasteiger partial charge in [-0.3, -0.25) is 4.79 Å². The van der Waals surface area contributed by atoms with Gasteiger partial charge in [0.1, 0.15) is 5.82 Å². The van der Waals surface area contributed by atoms with Gasteiger partial charge in [-0.2, -0.15) is 26.3 Å². The molecule has 0 aromatic heterocycles. The molecule has 4 rings (SSSR count). The van der Waals surface area contributed by atoms with E-state index in [1.54, 1.807) is 22.8 Å². The van der Waals surface area contributed by atoms with Crippen LogP contribution in [0.15, 0.2) is 36.4 Å². The predicted molar refractivity (Wildman–Crippen MR) is 146 cm³/mol. The molecule has 0 bridgehead atoms. The van der Waals surface area contributed by atoms with Crippen molar-refractivity contribution in [2.24, 2.45) is 17.3 Å². The Balaban J connectivity index is 1.71. The highest BCUT2D eigenvalue weighted by molar-refractivity contribution is 5.82. The van der Waals surface area contributed by atoms with E-state index in [2.05, 4.69) is 0 Å². The molecule has 43 heavy (non-hydrogen) atoms. The van der Waals surface area contributed by atoms with Crippen LogP contribution in [-0.4, -0.2) is 53.3 Å². The maximum atomic E-state index is 14.1. The summed E-state index contributed by atoms with van der Waals surface area (Å²) in [4.78, 5) is 31.7. The molecule has 0 aliphatic carbocycles. The summed E-state index contributed by atoms with van der Waals surface area (Å²) in [5.41, 5.74) is -2.59. The van der Waals surface area contributed by atoms with Gasteiger partial charge in [-0.15, -0.1) is 0 Å². The summed E-state index contributed by atoms with van der Waals surface area (Å²) in [5.74, 6) is -0.657. The van der Waals surface area contributed by atoms with Crippen molar-refractivity contribution in [1.29, 1.82) is 0 Å². The van der Waals surface area contributed by atoms with E-state index in [9.17, 15) is 40.3 Å². The largest absolute Gasteiger partial charge is 0.416 e. The molecule has 3 unspecified atom stereocenters. The van der Waals surface area contributed by atoms with Crippen LogP contribution in [0, 0.1) is 30.0 Å². The number of halogens is 7. The molecule has 2 heterocycles. The summed E-state index contributed by atoms with van der Waals surface area (Å²) in [6, 6.07) is 3.22. The summed E-state index contributed by atoms with van der Waals surface area (Å²) in [6.45, 7) is 9.65. The number of hydrogen-bond acceptors (Lipinski definition) is 2. The molecule has 12 heteroatoms. The topological polar surface area (TPSA) is 43.9 Å². The number of hydrogen-bond donors (Lipinski definition) is 0. The Morgan fingerprint density at radius 1 is 0.930 bits per heavy atom. The first-order valence-electron chi connectivity index (χ1n) is 14.1. The monoisotopic (exact) mass is 615 g/mol. The Morgan fingerprint density at radius 2 is 1.51 bits per heavy atom. The van der Waals surface area contributed by atoms with Crippen LogP contribution < -0.4 is 0 Å². The van der Waals surface area contributed by atoms with Crippen molar-refractivity contribution in [3.05, 3.63) is 70.0 Å². The third kappa shape index (κ3) is 6.62. The number of piperidine rings is 1. The fraction of sp³-hybridized carbons (Fsp3) is 0.548. The molecule has 2 aromatic rings. The van der Waals surface area contributed by atoms with Gasteiger partial charge < -0.3 is 14.7 Å². The zero-order chi connectivity index (χ0) is 32.2. The van der Waals surface area contributed by atoms with Gasteiger partial charge in [0, 0.05) is 38.0 Å². The number of benzene rings is 2. The summed E-state index contributed by atoms with van der Waals surface area (Å²) in [6.07, 6.45) is -9.50. The lowest BCUT2D eigenvalue weighted by Crippen LogP contribution is -2.51. The number of urea groups is 1. The summed E-state index contributed by atoms with van der Waals surface area (Å²) < 4.78 is 95.3. The van der Waals surface area contributed by atoms with Crippen molar-refractivity contribution in [1.82, 2.24) is 14.7 Å². The van der Waals surface area contributed by atoms with Crippen molar-refractivity contribution < 1.29 is 40.3 Å². The number of amides is 3. The van der Waals surface area contributed by atoms with Crippen LogP contribution in [0.2, 0.25) is 0 Å². The van der Waals surface area contributed by atoms with Gasteiger partial charge in [-0.25, -0.2) is 9.18 Å². The number of carbonyl (C=O) groups excluding carboxylic acids is 2. The number of fused-ring (bicyclic) bond motifs is 1. The van der Waals surface area contributed by atoms with E-state index in [0.29, 0.717) is 42.8 Å². The second-order valence-corrected chi connectivity index (χ2v) is 12.7. The molecule has 2 fully saturated rings. The minimum Gasteiger partial charge on any atom is -0.342 e. The fourth-order valence-electron chi connectivity index (χ4n) is 6.27. The molecule has 2 aliphatic rings. The van der Waals surface area contributed by atoms with Gasteiger partial charge in [-0.1, -0.05) is 26.8 Å². The zero-order valence-electron chi connectivity index (χ0n) is 24.9. The number of alkyl halides is 6. The van der Waals surface area contributed by atoms with Crippen LogP contribution in [0.5, 0.6) is 0 Å². The molecule has 0 radical (unpaired) electrons. The summed E-state index contributed by atoms with van der Waals surface area (Å²) >= 11 is 0. The van der Waals surface area contributed by atoms with Crippen LogP contribution in [0.1, 0.15) is 74.0 Å². The van der Waals surface area contributed by atoms with Crippen LogP contribution in [-0.2, 0) is 17.1 Å². The zero-order valence-corrected chi connectivity index (χ0v) is 24.9. The standard InChI is InChI=1S/C31H36F7N3O2/c1-17-11-23(32)7-8-24(17)26-25-16-40(27(42)29(3,4)5)15-19(25)9-10-41(26)28(43)39(6)18(2)20-12-21(30(33,34)35)14-22(13-20)31(36,37)38/h7-8,11-14,18-19,25-26H,9-10,15-16H2,1-6H3/t18?,19?,25-,26?/m1/s1.